The van der Waals surface area contributed by atoms with Gasteiger partial charge in [0, 0.05) is 32.6 Å². The van der Waals surface area contributed by atoms with E-state index in [1.54, 1.807) is 6.07 Å². The Hall–Kier alpha value is -2.93. The highest BCUT2D eigenvalue weighted by molar-refractivity contribution is 5.94. The monoisotopic (exact) mass is 421 g/mol. The standard InChI is InChI=1S/C24H31N5O2/c1-16(2)22(25-24(30)19-8-12-31-15-19)23-27-26-21-7-9-28(10-11-29(21)23)14-20-13-17(3)5-6-18(20)4/h5-6,8,12-13,15-16,22H,7,9-11,14H2,1-4H3,(H,25,30)/t22-/m1/s1. The second-order valence-electron chi connectivity index (χ2n) is 8.79. The number of carbonyl (C=O) groups is 1. The molecule has 1 aliphatic rings. The molecule has 3 aromatic rings. The molecular weight excluding hydrogens is 390 g/mol. The molecule has 1 amide bonds. The van der Waals surface area contributed by atoms with E-state index in [4.69, 9.17) is 4.42 Å². The third-order valence-corrected chi connectivity index (χ3v) is 6.06. The lowest BCUT2D eigenvalue weighted by atomic mass is 10.0. The van der Waals surface area contributed by atoms with Crippen molar-refractivity contribution in [3.63, 3.8) is 0 Å². The van der Waals surface area contributed by atoms with Crippen LogP contribution in [0.4, 0.5) is 0 Å². The van der Waals surface area contributed by atoms with E-state index in [1.165, 1.54) is 29.2 Å². The molecule has 2 aromatic heterocycles. The highest BCUT2D eigenvalue weighted by Gasteiger charge is 2.28. The number of aryl methyl sites for hydroxylation is 2. The SMILES string of the molecule is Cc1ccc(C)c(CN2CCc3nnc([C@H](NC(=O)c4ccoc4)C(C)C)n3CC2)c1. The normalized spacial score (nSPS) is 15.5. The second kappa shape index (κ2) is 9.06. The third kappa shape index (κ3) is 4.71. The molecule has 4 rings (SSSR count). The fraction of sp³-hybridized carbons (Fsp3) is 0.458. The van der Waals surface area contributed by atoms with Crippen molar-refractivity contribution < 1.29 is 9.21 Å². The van der Waals surface area contributed by atoms with Crippen molar-refractivity contribution in [3.05, 3.63) is 70.7 Å². The number of fused-ring (bicyclic) bond motifs is 1. The van der Waals surface area contributed by atoms with E-state index in [0.29, 0.717) is 5.56 Å². The number of amides is 1. The molecule has 0 bridgehead atoms. The molecule has 0 spiro atoms. The largest absolute Gasteiger partial charge is 0.472 e. The van der Waals surface area contributed by atoms with Gasteiger partial charge in [-0.05, 0) is 37.0 Å². The van der Waals surface area contributed by atoms with Crippen LogP contribution in [0.15, 0.2) is 41.2 Å². The number of benzene rings is 1. The summed E-state index contributed by atoms with van der Waals surface area (Å²) < 4.78 is 7.25. The molecular formula is C24H31N5O2. The molecule has 1 atom stereocenters. The van der Waals surface area contributed by atoms with E-state index in [2.05, 4.69) is 70.9 Å². The van der Waals surface area contributed by atoms with Crippen molar-refractivity contribution >= 4 is 5.91 Å². The first kappa shape index (κ1) is 21.3. The molecule has 164 valence electrons. The molecule has 1 aliphatic heterocycles. The lowest BCUT2D eigenvalue weighted by Gasteiger charge is -2.23. The van der Waals surface area contributed by atoms with Crippen LogP contribution < -0.4 is 5.32 Å². The first-order chi connectivity index (χ1) is 14.9. The molecule has 0 radical (unpaired) electrons. The Morgan fingerprint density at radius 3 is 2.74 bits per heavy atom. The van der Waals surface area contributed by atoms with Gasteiger partial charge in [0.1, 0.15) is 12.1 Å². The summed E-state index contributed by atoms with van der Waals surface area (Å²) in [6, 6.07) is 8.10. The smallest absolute Gasteiger partial charge is 0.255 e. The van der Waals surface area contributed by atoms with Crippen LogP contribution in [-0.4, -0.2) is 38.7 Å². The average molecular weight is 422 g/mol. The van der Waals surface area contributed by atoms with Gasteiger partial charge < -0.3 is 14.3 Å². The lowest BCUT2D eigenvalue weighted by molar-refractivity contribution is 0.0921. The Balaban J connectivity index is 1.50. The van der Waals surface area contributed by atoms with Gasteiger partial charge in [0.25, 0.3) is 5.91 Å². The number of hydrogen-bond donors (Lipinski definition) is 1. The van der Waals surface area contributed by atoms with Crippen molar-refractivity contribution in [1.29, 1.82) is 0 Å². The highest BCUT2D eigenvalue weighted by Crippen LogP contribution is 2.24. The summed E-state index contributed by atoms with van der Waals surface area (Å²) in [5.74, 6) is 1.84. The molecule has 3 heterocycles. The van der Waals surface area contributed by atoms with Crippen molar-refractivity contribution in [1.82, 2.24) is 25.0 Å². The van der Waals surface area contributed by atoms with Crippen molar-refractivity contribution in [2.45, 2.75) is 53.2 Å². The molecule has 0 unspecified atom stereocenters. The quantitative estimate of drug-likeness (QED) is 0.657. The minimum atomic E-state index is -0.214. The molecule has 7 nitrogen and oxygen atoms in total. The summed E-state index contributed by atoms with van der Waals surface area (Å²) in [7, 11) is 0. The molecule has 0 saturated carbocycles. The van der Waals surface area contributed by atoms with E-state index in [-0.39, 0.29) is 17.9 Å². The third-order valence-electron chi connectivity index (χ3n) is 6.06. The lowest BCUT2D eigenvalue weighted by Crippen LogP contribution is -2.34. The fourth-order valence-corrected chi connectivity index (χ4v) is 4.14. The summed E-state index contributed by atoms with van der Waals surface area (Å²) in [6.45, 7) is 12.1. The van der Waals surface area contributed by atoms with Gasteiger partial charge in [-0.1, -0.05) is 37.6 Å². The topological polar surface area (TPSA) is 76.2 Å². The van der Waals surface area contributed by atoms with E-state index in [9.17, 15) is 4.79 Å². The Kier molecular flexibility index (Phi) is 6.23. The second-order valence-corrected chi connectivity index (χ2v) is 8.79. The van der Waals surface area contributed by atoms with Crippen LogP contribution in [0.5, 0.6) is 0 Å². The highest BCUT2D eigenvalue weighted by atomic mass is 16.3. The van der Waals surface area contributed by atoms with Gasteiger partial charge in [-0.2, -0.15) is 0 Å². The van der Waals surface area contributed by atoms with Crippen LogP contribution in [0, 0.1) is 19.8 Å². The van der Waals surface area contributed by atoms with Crippen molar-refractivity contribution in [3.8, 4) is 0 Å². The Morgan fingerprint density at radius 2 is 2.00 bits per heavy atom. The summed E-state index contributed by atoms with van der Waals surface area (Å²) in [6.07, 6.45) is 3.81. The molecule has 0 aliphatic carbocycles. The van der Waals surface area contributed by atoms with Gasteiger partial charge in [-0.25, -0.2) is 0 Å². The van der Waals surface area contributed by atoms with Gasteiger partial charge >= 0.3 is 0 Å². The molecule has 0 fully saturated rings. The Morgan fingerprint density at radius 1 is 1.16 bits per heavy atom. The van der Waals surface area contributed by atoms with Crippen LogP contribution >= 0.6 is 0 Å². The zero-order valence-electron chi connectivity index (χ0n) is 18.8. The maximum absolute atomic E-state index is 12.6. The number of nitrogens with zero attached hydrogens (tertiary/aromatic N) is 4. The number of aromatic nitrogens is 3. The van der Waals surface area contributed by atoms with Crippen molar-refractivity contribution in [2.75, 3.05) is 13.1 Å². The maximum atomic E-state index is 12.6. The van der Waals surface area contributed by atoms with E-state index in [1.807, 2.05) is 0 Å². The predicted octanol–water partition coefficient (Wildman–Crippen LogP) is 3.67. The predicted molar refractivity (Wildman–Crippen MR) is 119 cm³/mol. The van der Waals surface area contributed by atoms with E-state index >= 15 is 0 Å². The first-order valence-electron chi connectivity index (χ1n) is 11.0. The Labute approximate surface area is 183 Å². The number of hydrogen-bond acceptors (Lipinski definition) is 5. The maximum Gasteiger partial charge on any atom is 0.255 e. The molecule has 1 N–H and O–H groups in total. The van der Waals surface area contributed by atoms with Gasteiger partial charge in [-0.3, -0.25) is 9.69 Å². The fourth-order valence-electron chi connectivity index (χ4n) is 4.14. The first-order valence-corrected chi connectivity index (χ1v) is 11.0. The summed E-state index contributed by atoms with van der Waals surface area (Å²) in [5, 5.41) is 12.1. The van der Waals surface area contributed by atoms with Gasteiger partial charge in [-0.15, -0.1) is 10.2 Å². The van der Waals surface area contributed by atoms with Crippen LogP contribution in [0.3, 0.4) is 0 Å². The summed E-state index contributed by atoms with van der Waals surface area (Å²) in [4.78, 5) is 15.1. The zero-order chi connectivity index (χ0) is 22.0. The van der Waals surface area contributed by atoms with Crippen LogP contribution in [0.1, 0.15) is 58.6 Å². The molecule has 0 saturated heterocycles. The van der Waals surface area contributed by atoms with Crippen LogP contribution in [0.2, 0.25) is 0 Å². The summed E-state index contributed by atoms with van der Waals surface area (Å²) >= 11 is 0. The molecule has 7 heteroatoms. The number of furan rings is 1. The number of nitrogens with one attached hydrogen (secondary N) is 1. The van der Waals surface area contributed by atoms with Crippen LogP contribution in [-0.2, 0) is 19.5 Å². The van der Waals surface area contributed by atoms with Gasteiger partial charge in [0.05, 0.1) is 17.9 Å². The summed E-state index contributed by atoms with van der Waals surface area (Å²) in [5.41, 5.74) is 4.52. The Bertz CT molecular complexity index is 1040. The minimum Gasteiger partial charge on any atom is -0.472 e. The minimum absolute atomic E-state index is 0.157. The molecule has 1 aromatic carbocycles. The average Bonchev–Trinajstić information content (AvgIpc) is 3.37. The van der Waals surface area contributed by atoms with Crippen molar-refractivity contribution in [2.24, 2.45) is 5.92 Å². The van der Waals surface area contributed by atoms with Gasteiger partial charge in [0.15, 0.2) is 5.82 Å². The van der Waals surface area contributed by atoms with E-state index < -0.39 is 0 Å². The number of rotatable bonds is 6. The number of carbonyl (C=O) groups excluding carboxylic acids is 1. The molecule has 31 heavy (non-hydrogen) atoms. The van der Waals surface area contributed by atoms with Gasteiger partial charge in [0.2, 0.25) is 0 Å². The van der Waals surface area contributed by atoms with E-state index in [0.717, 1.165) is 44.2 Å². The van der Waals surface area contributed by atoms with Crippen LogP contribution in [0.25, 0.3) is 0 Å². The zero-order valence-corrected chi connectivity index (χ0v) is 18.8.